The Hall–Kier alpha value is -3.74. The highest BCUT2D eigenvalue weighted by atomic mass is 35.5. The van der Waals surface area contributed by atoms with Crippen LogP contribution >= 0.6 is 22.9 Å². The second kappa shape index (κ2) is 12.4. The number of aromatic nitrogens is 3. The number of halogens is 4. The van der Waals surface area contributed by atoms with Gasteiger partial charge < -0.3 is 15.6 Å². The third kappa shape index (κ3) is 8.37. The lowest BCUT2D eigenvalue weighted by atomic mass is 10.2. The smallest absolute Gasteiger partial charge is 0.369 e. The molecule has 0 unspecified atom stereocenters. The van der Waals surface area contributed by atoms with Crippen LogP contribution in [-0.2, 0) is 27.5 Å². The van der Waals surface area contributed by atoms with E-state index in [0.29, 0.717) is 11.1 Å². The molecule has 19 heteroatoms. The van der Waals surface area contributed by atoms with E-state index in [2.05, 4.69) is 20.6 Å². The molecule has 0 aliphatic heterocycles. The molecule has 0 radical (unpaired) electrons. The van der Waals surface area contributed by atoms with Crippen LogP contribution in [0.25, 0.3) is 0 Å². The monoisotopic (exact) mass is 609 g/mol. The van der Waals surface area contributed by atoms with Gasteiger partial charge >= 0.3 is 11.9 Å². The molecule has 3 rings (SSSR count). The number of H-pyrrole nitrogens is 2. The van der Waals surface area contributed by atoms with Crippen molar-refractivity contribution in [1.82, 2.24) is 30.5 Å². The summed E-state index contributed by atoms with van der Waals surface area (Å²) in [6.45, 7) is -0.00204. The number of rotatable bonds is 11. The Morgan fingerprint density at radius 3 is 2.59 bits per heavy atom. The number of pyridine rings is 1. The lowest BCUT2D eigenvalue weighted by Gasteiger charge is -2.11. The van der Waals surface area contributed by atoms with Crippen LogP contribution in [0.15, 0.2) is 44.4 Å². The number of alkyl halides is 3. The zero-order chi connectivity index (χ0) is 28.8. The summed E-state index contributed by atoms with van der Waals surface area (Å²) >= 11 is 6.58. The maximum atomic E-state index is 12.7. The Morgan fingerprint density at radius 2 is 1.92 bits per heavy atom. The van der Waals surface area contributed by atoms with Crippen molar-refractivity contribution < 1.29 is 31.2 Å². The number of hydrogen-bond acceptors (Lipinski definition) is 9. The van der Waals surface area contributed by atoms with E-state index in [9.17, 15) is 40.8 Å². The van der Waals surface area contributed by atoms with E-state index in [-0.39, 0.29) is 46.5 Å². The highest BCUT2D eigenvalue weighted by molar-refractivity contribution is 7.91. The summed E-state index contributed by atoms with van der Waals surface area (Å²) in [5.74, 6) is -1.47. The minimum atomic E-state index is -4.59. The fourth-order valence-corrected chi connectivity index (χ4v) is 5.24. The fraction of sp³-hybridized carbons (Fsp3) is 0.250. The summed E-state index contributed by atoms with van der Waals surface area (Å²) in [6, 6.07) is 3.39. The first-order valence-corrected chi connectivity index (χ1v) is 13.4. The number of thiophene rings is 1. The number of aromatic amines is 2. The largest absolute Gasteiger partial charge is 0.417 e. The zero-order valence-corrected chi connectivity index (χ0v) is 21.8. The van der Waals surface area contributed by atoms with Gasteiger partial charge in [0.2, 0.25) is 5.91 Å². The molecular weight excluding hydrogens is 591 g/mol. The quantitative estimate of drug-likeness (QED) is 0.138. The molecule has 0 aliphatic carbocycles. The maximum absolute atomic E-state index is 12.7. The van der Waals surface area contributed by atoms with Crippen LogP contribution in [0.5, 0.6) is 0 Å². The average Bonchev–Trinajstić information content (AvgIpc) is 3.34. The second-order valence-electron chi connectivity index (χ2n) is 7.63. The van der Waals surface area contributed by atoms with Crippen molar-refractivity contribution in [2.45, 2.75) is 29.8 Å². The number of sulfonamides is 1. The van der Waals surface area contributed by atoms with Crippen molar-refractivity contribution in [3.05, 3.63) is 72.5 Å². The number of carbonyl (C=O) groups excluding carboxylic acids is 2. The number of hydrazine groups is 1. The topological polar surface area (TPSA) is 195 Å². The minimum Gasteiger partial charge on any atom is -0.369 e. The van der Waals surface area contributed by atoms with E-state index in [1.807, 2.05) is 15.2 Å². The van der Waals surface area contributed by atoms with E-state index in [0.717, 1.165) is 23.6 Å². The molecule has 6 N–H and O–H groups in total. The molecule has 3 heterocycles. The standard InChI is InChI=1S/C20H19ClF3N7O6S2/c21-13-6-10(20(22,23)24)7-26-16(13)25-5-1-2-14(32)30-31-39(36,37)15-4-3-11(38-15)8-27-17(33)12-9-28-19(35)29-18(12)34/h3-4,6-7,9,31H,1-2,5,8H2,(H,25,26)(H,27,33)(H,30,32)(H2,28,29,34,35). The molecule has 0 aromatic carbocycles. The maximum Gasteiger partial charge on any atom is 0.417 e. The van der Waals surface area contributed by atoms with Crippen LogP contribution in [0.3, 0.4) is 0 Å². The Kier molecular flexibility index (Phi) is 9.49. The van der Waals surface area contributed by atoms with E-state index >= 15 is 0 Å². The van der Waals surface area contributed by atoms with Crippen molar-refractivity contribution in [2.75, 3.05) is 11.9 Å². The summed E-state index contributed by atoms with van der Waals surface area (Å²) in [7, 11) is -4.14. The predicted molar refractivity (Wildman–Crippen MR) is 134 cm³/mol. The normalized spacial score (nSPS) is 11.7. The third-order valence-electron chi connectivity index (χ3n) is 4.76. The van der Waals surface area contributed by atoms with Gasteiger partial charge in [0.1, 0.15) is 15.6 Å². The van der Waals surface area contributed by atoms with Crippen molar-refractivity contribution in [3.8, 4) is 0 Å². The Labute approximate surface area is 226 Å². The molecule has 39 heavy (non-hydrogen) atoms. The van der Waals surface area contributed by atoms with Crippen molar-refractivity contribution in [1.29, 1.82) is 0 Å². The molecule has 0 bridgehead atoms. The van der Waals surface area contributed by atoms with E-state index in [1.54, 1.807) is 0 Å². The highest BCUT2D eigenvalue weighted by Crippen LogP contribution is 2.32. The average molecular weight is 610 g/mol. The molecule has 13 nitrogen and oxygen atoms in total. The van der Waals surface area contributed by atoms with Gasteiger partial charge in [0, 0.05) is 30.2 Å². The van der Waals surface area contributed by atoms with E-state index in [4.69, 9.17) is 11.6 Å². The summed E-state index contributed by atoms with van der Waals surface area (Å²) in [4.78, 5) is 56.8. The summed E-state index contributed by atoms with van der Waals surface area (Å²) in [5, 5.41) is 4.86. The molecule has 0 fully saturated rings. The number of nitrogens with one attached hydrogen (secondary N) is 6. The minimum absolute atomic E-state index is 0.000896. The fourth-order valence-electron chi connectivity index (χ4n) is 2.85. The number of anilines is 1. The van der Waals surface area contributed by atoms with E-state index < -0.39 is 44.8 Å². The van der Waals surface area contributed by atoms with Crippen LogP contribution in [0.1, 0.15) is 33.6 Å². The molecule has 2 amide bonds. The number of amides is 2. The first kappa shape index (κ1) is 29.8. The lowest BCUT2D eigenvalue weighted by molar-refractivity contribution is -0.137. The zero-order valence-electron chi connectivity index (χ0n) is 19.4. The highest BCUT2D eigenvalue weighted by Gasteiger charge is 2.31. The van der Waals surface area contributed by atoms with Gasteiger partial charge in [0.15, 0.2) is 0 Å². The second-order valence-corrected chi connectivity index (χ2v) is 11.1. The summed E-state index contributed by atoms with van der Waals surface area (Å²) < 4.78 is 62.7. The first-order chi connectivity index (χ1) is 18.3. The van der Waals surface area contributed by atoms with Crippen LogP contribution in [-0.4, -0.2) is 41.7 Å². The van der Waals surface area contributed by atoms with Crippen molar-refractivity contribution in [3.63, 3.8) is 0 Å². The van der Waals surface area contributed by atoms with Gasteiger partial charge in [0.05, 0.1) is 17.1 Å². The van der Waals surface area contributed by atoms with Gasteiger partial charge in [-0.3, -0.25) is 24.8 Å². The predicted octanol–water partition coefficient (Wildman–Crippen LogP) is 1.32. The molecule has 3 aromatic heterocycles. The molecule has 210 valence electrons. The van der Waals surface area contributed by atoms with Crippen LogP contribution < -0.4 is 32.1 Å². The van der Waals surface area contributed by atoms with Gasteiger partial charge in [-0.1, -0.05) is 11.6 Å². The third-order valence-corrected chi connectivity index (χ3v) is 7.87. The van der Waals surface area contributed by atoms with Gasteiger partial charge in [-0.2, -0.15) is 13.2 Å². The number of carbonyl (C=O) groups is 2. The summed E-state index contributed by atoms with van der Waals surface area (Å²) in [5.41, 5.74) is -0.959. The summed E-state index contributed by atoms with van der Waals surface area (Å²) in [6.07, 6.45) is -2.99. The lowest BCUT2D eigenvalue weighted by Crippen LogP contribution is -2.41. The number of nitrogens with zero attached hydrogens (tertiary/aromatic N) is 1. The van der Waals surface area contributed by atoms with Crippen LogP contribution in [0.4, 0.5) is 19.0 Å². The van der Waals surface area contributed by atoms with Crippen molar-refractivity contribution in [2.24, 2.45) is 0 Å². The molecule has 0 saturated heterocycles. The van der Waals surface area contributed by atoms with Gasteiger partial charge in [-0.25, -0.2) is 18.2 Å². The molecule has 0 atom stereocenters. The number of hydrogen-bond donors (Lipinski definition) is 6. The SMILES string of the molecule is O=C(CCCNc1ncc(C(F)(F)F)cc1Cl)NNS(=O)(=O)c1ccc(CNC(=O)c2c[nH]c(=O)[nH]c2=O)s1. The Bertz CT molecular complexity index is 1590. The Balaban J connectivity index is 1.43. The Morgan fingerprint density at radius 1 is 1.18 bits per heavy atom. The first-order valence-electron chi connectivity index (χ1n) is 10.7. The van der Waals surface area contributed by atoms with E-state index in [1.165, 1.54) is 12.1 Å². The van der Waals surface area contributed by atoms with Crippen LogP contribution in [0, 0.1) is 0 Å². The molecule has 3 aromatic rings. The van der Waals surface area contributed by atoms with Crippen LogP contribution in [0.2, 0.25) is 5.02 Å². The molecular formula is C20H19ClF3N7O6S2. The molecule has 0 spiro atoms. The van der Waals surface area contributed by atoms with Gasteiger partial charge in [-0.05, 0) is 24.6 Å². The van der Waals surface area contributed by atoms with Crippen molar-refractivity contribution >= 4 is 50.6 Å². The molecule has 0 aliphatic rings. The molecule has 0 saturated carbocycles. The van der Waals surface area contributed by atoms with Gasteiger partial charge in [0.25, 0.3) is 21.5 Å². The van der Waals surface area contributed by atoms with Gasteiger partial charge in [-0.15, -0.1) is 16.2 Å².